The third-order valence-electron chi connectivity index (χ3n) is 3.76. The van der Waals surface area contributed by atoms with E-state index in [0.29, 0.717) is 0 Å². The molecule has 0 atom stereocenters. The van der Waals surface area contributed by atoms with Gasteiger partial charge < -0.3 is 4.74 Å². The summed E-state index contributed by atoms with van der Waals surface area (Å²) in [6.45, 7) is 2.03. The van der Waals surface area contributed by atoms with Crippen LogP contribution in [0.4, 0.5) is 4.39 Å². The summed E-state index contributed by atoms with van der Waals surface area (Å²) in [5, 5.41) is 0. The number of hydrogen-bond donors (Lipinski definition) is 0. The van der Waals surface area contributed by atoms with Crippen LogP contribution in [0.2, 0.25) is 0 Å². The molecule has 0 heterocycles. The van der Waals surface area contributed by atoms with Crippen LogP contribution in [0.3, 0.4) is 0 Å². The second kappa shape index (κ2) is 5.90. The van der Waals surface area contributed by atoms with Gasteiger partial charge in [0.2, 0.25) is 9.05 Å². The van der Waals surface area contributed by atoms with E-state index in [9.17, 15) is 12.8 Å². The highest BCUT2D eigenvalue weighted by Gasteiger charge is 2.38. The summed E-state index contributed by atoms with van der Waals surface area (Å²) in [7, 11) is 1.79. The quantitative estimate of drug-likeness (QED) is 0.778. The van der Waals surface area contributed by atoms with Crippen molar-refractivity contribution >= 4 is 19.7 Å². The Morgan fingerprint density at radius 3 is 2.60 bits per heavy atom. The molecule has 0 radical (unpaired) electrons. The monoisotopic (exact) mass is 320 g/mol. The van der Waals surface area contributed by atoms with Gasteiger partial charge >= 0.3 is 0 Å². The summed E-state index contributed by atoms with van der Waals surface area (Å²) in [5.41, 5.74) is 0.406. The van der Waals surface area contributed by atoms with Crippen LogP contribution in [-0.2, 0) is 9.05 Å². The lowest BCUT2D eigenvalue weighted by Crippen LogP contribution is -2.32. The summed E-state index contributed by atoms with van der Waals surface area (Å²) in [5.74, 6) is -0.379. The molecule has 6 heteroatoms. The van der Waals surface area contributed by atoms with Crippen LogP contribution in [0.15, 0.2) is 18.2 Å². The van der Waals surface area contributed by atoms with Crippen LogP contribution in [0.25, 0.3) is 0 Å². The molecular weight excluding hydrogens is 303 g/mol. The zero-order valence-electron chi connectivity index (χ0n) is 11.4. The van der Waals surface area contributed by atoms with Gasteiger partial charge in [0.05, 0.1) is 12.4 Å². The SMILES string of the molecule is Cc1ccc(F)c(OCC2(CS(=O)(=O)Cl)CCCC2)c1. The zero-order chi connectivity index (χ0) is 14.8. The third kappa shape index (κ3) is 4.09. The molecule has 3 nitrogen and oxygen atoms in total. The van der Waals surface area contributed by atoms with Crippen LogP contribution in [0, 0.1) is 18.2 Å². The molecule has 1 aliphatic rings. The van der Waals surface area contributed by atoms with Crippen LogP contribution in [0.5, 0.6) is 5.75 Å². The van der Waals surface area contributed by atoms with Crippen LogP contribution >= 0.6 is 10.7 Å². The van der Waals surface area contributed by atoms with Crippen molar-refractivity contribution in [3.8, 4) is 5.75 Å². The fraction of sp³-hybridized carbons (Fsp3) is 0.571. The maximum atomic E-state index is 13.6. The Morgan fingerprint density at radius 2 is 2.00 bits per heavy atom. The Kier molecular flexibility index (Phi) is 4.59. The highest BCUT2D eigenvalue weighted by Crippen LogP contribution is 2.40. The molecule has 1 aliphatic carbocycles. The molecule has 0 amide bonds. The van der Waals surface area contributed by atoms with Gasteiger partial charge in [-0.2, -0.15) is 0 Å². The van der Waals surface area contributed by atoms with Gasteiger partial charge in [-0.3, -0.25) is 0 Å². The molecule has 20 heavy (non-hydrogen) atoms. The fourth-order valence-corrected chi connectivity index (χ4v) is 4.57. The van der Waals surface area contributed by atoms with E-state index in [2.05, 4.69) is 0 Å². The first-order valence-corrected chi connectivity index (χ1v) is 9.09. The Balaban J connectivity index is 2.11. The first kappa shape index (κ1) is 15.6. The topological polar surface area (TPSA) is 43.4 Å². The highest BCUT2D eigenvalue weighted by molar-refractivity contribution is 8.13. The summed E-state index contributed by atoms with van der Waals surface area (Å²) in [6, 6.07) is 4.63. The molecule has 112 valence electrons. The first-order valence-electron chi connectivity index (χ1n) is 6.61. The number of aryl methyl sites for hydroxylation is 1. The fourth-order valence-electron chi connectivity index (χ4n) is 2.77. The van der Waals surface area contributed by atoms with Crippen molar-refractivity contribution in [2.24, 2.45) is 5.41 Å². The summed E-state index contributed by atoms with van der Waals surface area (Å²) < 4.78 is 41.9. The van der Waals surface area contributed by atoms with Crippen molar-refractivity contribution in [2.45, 2.75) is 32.6 Å². The molecule has 0 unspecified atom stereocenters. The van der Waals surface area contributed by atoms with E-state index in [4.69, 9.17) is 15.4 Å². The average Bonchev–Trinajstić information content (AvgIpc) is 2.77. The predicted octanol–water partition coefficient (Wildman–Crippen LogP) is 3.64. The lowest BCUT2D eigenvalue weighted by atomic mass is 9.90. The second-order valence-electron chi connectivity index (χ2n) is 5.61. The van der Waals surface area contributed by atoms with E-state index in [1.807, 2.05) is 6.92 Å². The molecule has 1 aromatic rings. The van der Waals surface area contributed by atoms with Crippen molar-refractivity contribution in [1.29, 1.82) is 0 Å². The van der Waals surface area contributed by atoms with E-state index < -0.39 is 20.3 Å². The number of halogens is 2. The van der Waals surface area contributed by atoms with Gasteiger partial charge in [-0.1, -0.05) is 18.9 Å². The number of benzene rings is 1. The molecular formula is C14H18ClFO3S. The van der Waals surface area contributed by atoms with Crippen LogP contribution < -0.4 is 4.74 Å². The van der Waals surface area contributed by atoms with Crippen molar-refractivity contribution < 1.29 is 17.5 Å². The smallest absolute Gasteiger partial charge is 0.233 e. The third-order valence-corrected chi connectivity index (χ3v) is 5.05. The second-order valence-corrected chi connectivity index (χ2v) is 8.39. The molecule has 0 N–H and O–H groups in total. The van der Waals surface area contributed by atoms with E-state index in [1.54, 1.807) is 12.1 Å². The lowest BCUT2D eigenvalue weighted by Gasteiger charge is -2.27. The van der Waals surface area contributed by atoms with Gasteiger partial charge in [0.15, 0.2) is 11.6 Å². The Labute approximate surface area is 123 Å². The standard InChI is InChI=1S/C14H18ClFO3S/c1-11-4-5-12(16)13(8-11)19-9-14(6-2-3-7-14)10-20(15,17)18/h4-5,8H,2-3,6-7,9-10H2,1H3. The van der Waals surface area contributed by atoms with Gasteiger partial charge in [0.25, 0.3) is 0 Å². The first-order chi connectivity index (χ1) is 9.30. The molecule has 1 aromatic carbocycles. The van der Waals surface area contributed by atoms with Crippen LogP contribution in [-0.4, -0.2) is 20.8 Å². The van der Waals surface area contributed by atoms with E-state index in [0.717, 1.165) is 31.2 Å². The molecule has 0 aromatic heterocycles. The predicted molar refractivity (Wildman–Crippen MR) is 77.2 cm³/mol. The average molecular weight is 321 g/mol. The van der Waals surface area contributed by atoms with E-state index in [1.165, 1.54) is 6.07 Å². The Hall–Kier alpha value is -0.810. The minimum absolute atomic E-state index is 0.116. The van der Waals surface area contributed by atoms with Gasteiger partial charge in [-0.15, -0.1) is 0 Å². The van der Waals surface area contributed by atoms with Gasteiger partial charge in [-0.25, -0.2) is 12.8 Å². The highest BCUT2D eigenvalue weighted by atomic mass is 35.7. The molecule has 0 saturated heterocycles. The lowest BCUT2D eigenvalue weighted by molar-refractivity contribution is 0.165. The molecule has 0 aliphatic heterocycles. The normalized spacial score (nSPS) is 18.1. The number of hydrogen-bond acceptors (Lipinski definition) is 3. The van der Waals surface area contributed by atoms with Gasteiger partial charge in [0, 0.05) is 16.1 Å². The van der Waals surface area contributed by atoms with Crippen molar-refractivity contribution in [2.75, 3.05) is 12.4 Å². The maximum absolute atomic E-state index is 13.6. The summed E-state index contributed by atoms with van der Waals surface area (Å²) in [4.78, 5) is 0. The van der Waals surface area contributed by atoms with Crippen LogP contribution in [0.1, 0.15) is 31.2 Å². The summed E-state index contributed by atoms with van der Waals surface area (Å²) in [6.07, 6.45) is 3.39. The summed E-state index contributed by atoms with van der Waals surface area (Å²) >= 11 is 0. The van der Waals surface area contributed by atoms with Crippen molar-refractivity contribution in [1.82, 2.24) is 0 Å². The molecule has 1 saturated carbocycles. The number of rotatable bonds is 5. The molecule has 0 bridgehead atoms. The minimum atomic E-state index is -3.59. The Morgan fingerprint density at radius 1 is 1.35 bits per heavy atom. The van der Waals surface area contributed by atoms with Crippen molar-refractivity contribution in [3.63, 3.8) is 0 Å². The van der Waals surface area contributed by atoms with Crippen molar-refractivity contribution in [3.05, 3.63) is 29.6 Å². The number of ether oxygens (including phenoxy) is 1. The van der Waals surface area contributed by atoms with Gasteiger partial charge in [-0.05, 0) is 37.5 Å². The minimum Gasteiger partial charge on any atom is -0.490 e. The molecule has 0 spiro atoms. The molecule has 1 fully saturated rings. The molecule has 2 rings (SSSR count). The Bertz CT molecular complexity index is 580. The van der Waals surface area contributed by atoms with E-state index in [-0.39, 0.29) is 18.1 Å². The largest absolute Gasteiger partial charge is 0.490 e. The van der Waals surface area contributed by atoms with Gasteiger partial charge in [0.1, 0.15) is 0 Å². The zero-order valence-corrected chi connectivity index (χ0v) is 12.9. The van der Waals surface area contributed by atoms with E-state index >= 15 is 0 Å². The maximum Gasteiger partial charge on any atom is 0.233 e.